The molecule has 2 rings (SSSR count). The van der Waals surface area contributed by atoms with E-state index in [1.165, 1.54) is 17.0 Å². The molecular weight excluding hydrogens is 330 g/mol. The van der Waals surface area contributed by atoms with Gasteiger partial charge in [-0.2, -0.15) is 10.2 Å². The summed E-state index contributed by atoms with van der Waals surface area (Å²) in [5, 5.41) is 12.4. The highest BCUT2D eigenvalue weighted by Gasteiger charge is 2.19. The van der Waals surface area contributed by atoms with Crippen LogP contribution in [-0.2, 0) is 26.9 Å². The first kappa shape index (κ1) is 16.2. The molecule has 0 amide bonds. The Morgan fingerprint density at radius 2 is 1.67 bits per heavy atom. The van der Waals surface area contributed by atoms with Crippen molar-refractivity contribution in [3.63, 3.8) is 0 Å². The number of halogens is 1. The lowest BCUT2D eigenvalue weighted by Crippen LogP contribution is -2.31. The predicted molar refractivity (Wildman–Crippen MR) is 88.6 cm³/mol. The summed E-state index contributed by atoms with van der Waals surface area (Å²) in [7, 11) is 6.02. The lowest BCUT2D eigenvalue weighted by molar-refractivity contribution is 0.530. The topological polar surface area (TPSA) is 47.7 Å². The van der Waals surface area contributed by atoms with Gasteiger partial charge >= 0.3 is 0 Å². The molecule has 0 spiro atoms. The van der Waals surface area contributed by atoms with Gasteiger partial charge in [0.15, 0.2) is 0 Å². The Bertz CT molecular complexity index is 587. The summed E-state index contributed by atoms with van der Waals surface area (Å²) < 4.78 is 5.04. The third-order valence-electron chi connectivity index (χ3n) is 4.22. The number of rotatable bonds is 5. The first-order valence-electron chi connectivity index (χ1n) is 7.19. The van der Waals surface area contributed by atoms with E-state index >= 15 is 0 Å². The van der Waals surface area contributed by atoms with E-state index in [-0.39, 0.29) is 0 Å². The first-order valence-corrected chi connectivity index (χ1v) is 7.98. The van der Waals surface area contributed by atoms with Gasteiger partial charge in [-0.05, 0) is 55.7 Å². The maximum Gasteiger partial charge on any atom is 0.0738 e. The Labute approximate surface area is 134 Å². The third kappa shape index (κ3) is 3.21. The minimum atomic E-state index is 0.359. The third-order valence-corrected chi connectivity index (χ3v) is 5.25. The van der Waals surface area contributed by atoms with Crippen molar-refractivity contribution in [2.24, 2.45) is 14.1 Å². The monoisotopic (exact) mass is 353 g/mol. The van der Waals surface area contributed by atoms with Gasteiger partial charge < -0.3 is 5.32 Å². The molecule has 6 heteroatoms. The Kier molecular flexibility index (Phi) is 4.88. The highest BCUT2D eigenvalue weighted by atomic mass is 79.9. The van der Waals surface area contributed by atoms with Gasteiger partial charge in [-0.1, -0.05) is 0 Å². The largest absolute Gasteiger partial charge is 0.316 e. The van der Waals surface area contributed by atoms with Gasteiger partial charge in [0.25, 0.3) is 0 Å². The molecule has 0 aliphatic carbocycles. The zero-order chi connectivity index (χ0) is 15.7. The first-order chi connectivity index (χ1) is 9.85. The zero-order valence-corrected chi connectivity index (χ0v) is 15.2. The molecule has 0 fully saturated rings. The number of nitrogens with zero attached hydrogens (tertiary/aromatic N) is 4. The van der Waals surface area contributed by atoms with Gasteiger partial charge in [-0.15, -0.1) is 0 Å². The van der Waals surface area contributed by atoms with E-state index in [0.29, 0.717) is 6.04 Å². The second kappa shape index (κ2) is 6.32. The van der Waals surface area contributed by atoms with Crippen LogP contribution in [0.1, 0.15) is 28.3 Å². The van der Waals surface area contributed by atoms with Crippen LogP contribution in [0.2, 0.25) is 0 Å². The molecule has 0 aromatic carbocycles. The summed E-state index contributed by atoms with van der Waals surface area (Å²) in [6.07, 6.45) is 1.90. The summed E-state index contributed by atoms with van der Waals surface area (Å²) in [6, 6.07) is 0.359. The van der Waals surface area contributed by atoms with Crippen molar-refractivity contribution >= 4 is 15.9 Å². The molecular formula is C15H24BrN5. The van der Waals surface area contributed by atoms with Crippen LogP contribution in [0.3, 0.4) is 0 Å². The van der Waals surface area contributed by atoms with Crippen molar-refractivity contribution < 1.29 is 0 Å². The maximum atomic E-state index is 4.51. The molecule has 5 nitrogen and oxygen atoms in total. The van der Waals surface area contributed by atoms with Crippen LogP contribution in [0.25, 0.3) is 0 Å². The summed E-state index contributed by atoms with van der Waals surface area (Å²) in [6.45, 7) is 6.24. The van der Waals surface area contributed by atoms with Crippen LogP contribution in [0.5, 0.6) is 0 Å². The molecule has 2 aromatic heterocycles. The second-order valence-corrected chi connectivity index (χ2v) is 6.43. The molecule has 2 heterocycles. The molecule has 1 unspecified atom stereocenters. The predicted octanol–water partition coefficient (Wildman–Crippen LogP) is 2.21. The van der Waals surface area contributed by atoms with E-state index in [0.717, 1.165) is 28.7 Å². The summed E-state index contributed by atoms with van der Waals surface area (Å²) in [5.41, 5.74) is 5.97. The molecule has 116 valence electrons. The molecule has 0 aliphatic rings. The normalized spacial score (nSPS) is 12.9. The van der Waals surface area contributed by atoms with Crippen molar-refractivity contribution in [1.82, 2.24) is 24.9 Å². The van der Waals surface area contributed by atoms with Crippen molar-refractivity contribution in [3.05, 3.63) is 32.8 Å². The smallest absolute Gasteiger partial charge is 0.0738 e. The standard InChI is InChI=1S/C15H24BrN5/c1-9-13(11(3)20(5)18-9)7-12(17-4)8-14-15(16)10(2)19-21(14)6/h12,17H,7-8H2,1-6H3. The fourth-order valence-corrected chi connectivity index (χ4v) is 3.27. The van der Waals surface area contributed by atoms with Gasteiger partial charge in [0.05, 0.1) is 21.6 Å². The van der Waals surface area contributed by atoms with Crippen molar-refractivity contribution in [2.75, 3.05) is 7.05 Å². The zero-order valence-electron chi connectivity index (χ0n) is 13.7. The van der Waals surface area contributed by atoms with E-state index in [4.69, 9.17) is 0 Å². The average molecular weight is 354 g/mol. The van der Waals surface area contributed by atoms with Gasteiger partial charge in [0, 0.05) is 32.3 Å². The van der Waals surface area contributed by atoms with E-state index in [9.17, 15) is 0 Å². The SMILES string of the molecule is CNC(Cc1c(C)nn(C)c1C)Cc1c(Br)c(C)nn1C. The number of aryl methyl sites for hydroxylation is 4. The van der Waals surface area contributed by atoms with Gasteiger partial charge in [-0.25, -0.2) is 0 Å². The van der Waals surface area contributed by atoms with Crippen molar-refractivity contribution in [2.45, 2.75) is 39.7 Å². The molecule has 1 N–H and O–H groups in total. The van der Waals surface area contributed by atoms with E-state index < -0.39 is 0 Å². The van der Waals surface area contributed by atoms with Crippen LogP contribution in [0.15, 0.2) is 4.47 Å². The number of nitrogens with one attached hydrogen (secondary N) is 1. The Hall–Kier alpha value is -1.14. The quantitative estimate of drug-likeness (QED) is 0.896. The highest BCUT2D eigenvalue weighted by molar-refractivity contribution is 9.10. The average Bonchev–Trinajstić information content (AvgIpc) is 2.81. The lowest BCUT2D eigenvalue weighted by Gasteiger charge is -2.17. The Morgan fingerprint density at radius 1 is 1.05 bits per heavy atom. The molecule has 1 atom stereocenters. The molecule has 0 saturated heterocycles. The van der Waals surface area contributed by atoms with E-state index in [1.807, 2.05) is 37.4 Å². The molecule has 0 saturated carbocycles. The van der Waals surface area contributed by atoms with Gasteiger partial charge in [0.2, 0.25) is 0 Å². The molecule has 0 radical (unpaired) electrons. The number of hydrogen-bond acceptors (Lipinski definition) is 3. The molecule has 2 aromatic rings. The Balaban J connectivity index is 2.21. The van der Waals surface area contributed by atoms with Crippen LogP contribution < -0.4 is 5.32 Å². The van der Waals surface area contributed by atoms with Gasteiger partial charge in [0.1, 0.15) is 0 Å². The van der Waals surface area contributed by atoms with Gasteiger partial charge in [-0.3, -0.25) is 9.36 Å². The molecule has 0 bridgehead atoms. The lowest BCUT2D eigenvalue weighted by atomic mass is 10.0. The van der Waals surface area contributed by atoms with Crippen LogP contribution in [0, 0.1) is 20.8 Å². The minimum absolute atomic E-state index is 0.359. The van der Waals surface area contributed by atoms with Crippen LogP contribution >= 0.6 is 15.9 Å². The van der Waals surface area contributed by atoms with Crippen LogP contribution in [0.4, 0.5) is 0 Å². The molecule has 21 heavy (non-hydrogen) atoms. The maximum absolute atomic E-state index is 4.51. The fraction of sp³-hybridized carbons (Fsp3) is 0.600. The van der Waals surface area contributed by atoms with Crippen molar-refractivity contribution in [1.29, 1.82) is 0 Å². The fourth-order valence-electron chi connectivity index (χ4n) is 2.77. The van der Waals surface area contributed by atoms with E-state index in [2.05, 4.69) is 45.3 Å². The summed E-state index contributed by atoms with van der Waals surface area (Å²) in [5.74, 6) is 0. The van der Waals surface area contributed by atoms with E-state index in [1.54, 1.807) is 0 Å². The molecule has 0 aliphatic heterocycles. The number of hydrogen-bond donors (Lipinski definition) is 1. The summed E-state index contributed by atoms with van der Waals surface area (Å²) in [4.78, 5) is 0. The van der Waals surface area contributed by atoms with Crippen LogP contribution in [-0.4, -0.2) is 32.7 Å². The Morgan fingerprint density at radius 3 is 2.10 bits per heavy atom. The van der Waals surface area contributed by atoms with Crippen molar-refractivity contribution in [3.8, 4) is 0 Å². The highest BCUT2D eigenvalue weighted by Crippen LogP contribution is 2.23. The minimum Gasteiger partial charge on any atom is -0.316 e. The number of aromatic nitrogens is 4. The second-order valence-electron chi connectivity index (χ2n) is 5.64. The summed E-state index contributed by atoms with van der Waals surface area (Å²) >= 11 is 3.65. The number of likely N-dealkylation sites (N-methyl/N-ethyl adjacent to an activating group) is 1.